The number of nitrogens with two attached hydrogens (primary N) is 1. The summed E-state index contributed by atoms with van der Waals surface area (Å²) in [6.45, 7) is 1.83. The highest BCUT2D eigenvalue weighted by Crippen LogP contribution is 2.28. The van der Waals surface area contributed by atoms with Crippen molar-refractivity contribution < 1.29 is 14.1 Å². The Kier molecular flexibility index (Phi) is 6.39. The van der Waals surface area contributed by atoms with E-state index in [4.69, 9.17) is 15.0 Å². The number of carbonyl (C=O) groups excluding carboxylic acids is 1. The van der Waals surface area contributed by atoms with Crippen LogP contribution >= 0.6 is 12.4 Å². The summed E-state index contributed by atoms with van der Waals surface area (Å²) in [7, 11) is 1.59. The Balaban J connectivity index is 0.00000225. The Hall–Kier alpha value is -2.12. The number of hydrogen-bond acceptors (Lipinski definition) is 6. The topological polar surface area (TPSA) is 103 Å². The maximum absolute atomic E-state index is 12.3. The molecular weight excluding hydrogens is 344 g/mol. The van der Waals surface area contributed by atoms with Crippen molar-refractivity contribution in [3.63, 3.8) is 0 Å². The van der Waals surface area contributed by atoms with Gasteiger partial charge in [-0.1, -0.05) is 17.3 Å². The second-order valence-corrected chi connectivity index (χ2v) is 6.16. The number of benzene rings is 1. The number of aromatic nitrogens is 2. The van der Waals surface area contributed by atoms with E-state index >= 15 is 0 Å². The van der Waals surface area contributed by atoms with Gasteiger partial charge in [0.2, 0.25) is 17.6 Å². The Labute approximate surface area is 152 Å². The number of para-hydroxylation sites is 1. The van der Waals surface area contributed by atoms with Crippen molar-refractivity contribution >= 4 is 18.3 Å². The number of nitrogens with zero attached hydrogens (tertiary/aromatic N) is 2. The minimum absolute atomic E-state index is 0. The van der Waals surface area contributed by atoms with Crippen molar-refractivity contribution in [3.8, 4) is 17.1 Å². The largest absolute Gasteiger partial charge is 0.496 e. The summed E-state index contributed by atoms with van der Waals surface area (Å²) >= 11 is 0. The molecule has 1 aliphatic carbocycles. The van der Waals surface area contributed by atoms with Gasteiger partial charge in [-0.25, -0.2) is 0 Å². The molecule has 1 heterocycles. The maximum Gasteiger partial charge on any atom is 0.249 e. The van der Waals surface area contributed by atoms with Gasteiger partial charge in [-0.3, -0.25) is 4.79 Å². The highest BCUT2D eigenvalue weighted by Gasteiger charge is 2.29. The molecule has 8 heteroatoms. The van der Waals surface area contributed by atoms with Crippen LogP contribution in [0, 0.1) is 5.92 Å². The van der Waals surface area contributed by atoms with Crippen LogP contribution in [0.15, 0.2) is 28.8 Å². The molecule has 3 atom stereocenters. The lowest BCUT2D eigenvalue weighted by Gasteiger charge is -2.14. The van der Waals surface area contributed by atoms with Gasteiger partial charge in [-0.05, 0) is 38.3 Å². The molecule has 0 bridgehead atoms. The molecule has 1 aliphatic rings. The van der Waals surface area contributed by atoms with Gasteiger partial charge < -0.3 is 20.3 Å². The van der Waals surface area contributed by atoms with Gasteiger partial charge >= 0.3 is 0 Å². The van der Waals surface area contributed by atoms with E-state index in [0.717, 1.165) is 24.8 Å². The first-order valence-corrected chi connectivity index (χ1v) is 8.11. The first kappa shape index (κ1) is 19.2. The zero-order valence-corrected chi connectivity index (χ0v) is 15.1. The van der Waals surface area contributed by atoms with Crippen molar-refractivity contribution in [2.24, 2.45) is 11.7 Å². The fourth-order valence-corrected chi connectivity index (χ4v) is 3.00. The number of carbonyl (C=O) groups is 1. The third-order valence-corrected chi connectivity index (χ3v) is 4.36. The molecule has 25 heavy (non-hydrogen) atoms. The second-order valence-electron chi connectivity index (χ2n) is 6.16. The minimum atomic E-state index is -0.356. The van der Waals surface area contributed by atoms with Gasteiger partial charge in [-0.2, -0.15) is 4.98 Å². The fourth-order valence-electron chi connectivity index (χ4n) is 3.00. The van der Waals surface area contributed by atoms with E-state index in [0.29, 0.717) is 17.5 Å². The van der Waals surface area contributed by atoms with Gasteiger partial charge in [0.15, 0.2) is 0 Å². The molecule has 1 fully saturated rings. The number of amides is 1. The molecule has 2 aromatic rings. The number of ether oxygens (including phenoxy) is 1. The SMILES string of the molecule is COc1ccccc1-c1noc(C(C)NC(=O)C2CCC(N)C2)n1.Cl. The third-order valence-electron chi connectivity index (χ3n) is 4.36. The summed E-state index contributed by atoms with van der Waals surface area (Å²) < 4.78 is 10.6. The molecule has 3 rings (SSSR count). The van der Waals surface area contributed by atoms with Crippen LogP contribution in [0.3, 0.4) is 0 Å². The number of methoxy groups -OCH3 is 1. The molecule has 3 N–H and O–H groups in total. The van der Waals surface area contributed by atoms with Gasteiger partial charge in [-0.15, -0.1) is 12.4 Å². The molecule has 7 nitrogen and oxygen atoms in total. The lowest BCUT2D eigenvalue weighted by atomic mass is 10.1. The number of nitrogens with one attached hydrogen (secondary N) is 1. The smallest absolute Gasteiger partial charge is 0.249 e. The molecular formula is C17H23ClN4O3. The summed E-state index contributed by atoms with van der Waals surface area (Å²) in [5.41, 5.74) is 6.61. The average molecular weight is 367 g/mol. The second kappa shape index (κ2) is 8.31. The van der Waals surface area contributed by atoms with Crippen molar-refractivity contribution in [3.05, 3.63) is 30.2 Å². The molecule has 1 aromatic carbocycles. The first-order chi connectivity index (χ1) is 11.6. The predicted molar refractivity (Wildman–Crippen MR) is 95.4 cm³/mol. The van der Waals surface area contributed by atoms with Crippen LogP contribution in [0.1, 0.15) is 38.1 Å². The van der Waals surface area contributed by atoms with E-state index in [1.54, 1.807) is 7.11 Å². The van der Waals surface area contributed by atoms with Gasteiger partial charge in [0.25, 0.3) is 0 Å². The van der Waals surface area contributed by atoms with Crippen molar-refractivity contribution in [1.82, 2.24) is 15.5 Å². The van der Waals surface area contributed by atoms with E-state index in [1.165, 1.54) is 0 Å². The van der Waals surface area contributed by atoms with Crippen molar-refractivity contribution in [2.45, 2.75) is 38.3 Å². The minimum Gasteiger partial charge on any atom is -0.496 e. The van der Waals surface area contributed by atoms with E-state index in [2.05, 4.69) is 15.5 Å². The normalized spacial score (nSPS) is 20.6. The van der Waals surface area contributed by atoms with E-state index in [-0.39, 0.29) is 36.3 Å². The monoisotopic (exact) mass is 366 g/mol. The quantitative estimate of drug-likeness (QED) is 0.842. The summed E-state index contributed by atoms with van der Waals surface area (Å²) in [5, 5.41) is 6.93. The maximum atomic E-state index is 12.3. The summed E-state index contributed by atoms with van der Waals surface area (Å²) in [6.07, 6.45) is 2.45. The Bertz CT molecular complexity index is 721. The van der Waals surface area contributed by atoms with E-state index < -0.39 is 0 Å². The number of rotatable bonds is 5. The fraction of sp³-hybridized carbons (Fsp3) is 0.471. The summed E-state index contributed by atoms with van der Waals surface area (Å²) in [4.78, 5) is 16.7. The molecule has 136 valence electrons. The van der Waals surface area contributed by atoms with Crippen LogP contribution in [0.2, 0.25) is 0 Å². The first-order valence-electron chi connectivity index (χ1n) is 8.11. The molecule has 1 saturated carbocycles. The molecule has 0 saturated heterocycles. The van der Waals surface area contributed by atoms with Crippen LogP contribution in [-0.4, -0.2) is 29.2 Å². The van der Waals surface area contributed by atoms with Crippen LogP contribution in [0.25, 0.3) is 11.4 Å². The molecule has 1 aromatic heterocycles. The zero-order chi connectivity index (χ0) is 17.1. The standard InChI is InChI=1S/C17H22N4O3.ClH/c1-10(19-16(22)11-7-8-12(18)9-11)17-20-15(21-24-17)13-5-3-4-6-14(13)23-2;/h3-6,10-12H,7-9,18H2,1-2H3,(H,19,22);1H. The van der Waals surface area contributed by atoms with Gasteiger partial charge in [0, 0.05) is 12.0 Å². The van der Waals surface area contributed by atoms with Crippen molar-refractivity contribution in [1.29, 1.82) is 0 Å². The summed E-state index contributed by atoms with van der Waals surface area (Å²) in [6, 6.07) is 7.21. The van der Waals surface area contributed by atoms with Crippen LogP contribution in [-0.2, 0) is 4.79 Å². The number of halogens is 1. The van der Waals surface area contributed by atoms with E-state index in [9.17, 15) is 4.79 Å². The van der Waals surface area contributed by atoms with Crippen LogP contribution in [0.4, 0.5) is 0 Å². The molecule has 0 radical (unpaired) electrons. The van der Waals surface area contributed by atoms with E-state index in [1.807, 2.05) is 31.2 Å². The average Bonchev–Trinajstić information content (AvgIpc) is 3.24. The van der Waals surface area contributed by atoms with Gasteiger partial charge in [0.1, 0.15) is 11.8 Å². The predicted octanol–water partition coefficient (Wildman–Crippen LogP) is 2.47. The molecule has 0 aliphatic heterocycles. The Morgan fingerprint density at radius 3 is 2.84 bits per heavy atom. The molecule has 1 amide bonds. The Morgan fingerprint density at radius 1 is 1.40 bits per heavy atom. The number of hydrogen-bond donors (Lipinski definition) is 2. The Morgan fingerprint density at radius 2 is 2.16 bits per heavy atom. The van der Waals surface area contributed by atoms with Crippen molar-refractivity contribution in [2.75, 3.05) is 7.11 Å². The molecule has 3 unspecified atom stereocenters. The summed E-state index contributed by atoms with van der Waals surface area (Å²) in [5.74, 6) is 1.44. The third kappa shape index (κ3) is 4.29. The van der Waals surface area contributed by atoms with Gasteiger partial charge in [0.05, 0.1) is 12.7 Å². The van der Waals surface area contributed by atoms with Crippen LogP contribution < -0.4 is 15.8 Å². The lowest BCUT2D eigenvalue weighted by Crippen LogP contribution is -2.32. The zero-order valence-electron chi connectivity index (χ0n) is 14.3. The highest BCUT2D eigenvalue weighted by molar-refractivity contribution is 5.85. The highest BCUT2D eigenvalue weighted by atomic mass is 35.5. The molecule has 0 spiro atoms. The van der Waals surface area contributed by atoms with Crippen LogP contribution in [0.5, 0.6) is 5.75 Å². The lowest BCUT2D eigenvalue weighted by molar-refractivity contribution is -0.125.